The lowest BCUT2D eigenvalue weighted by Crippen LogP contribution is -2.10. The van der Waals surface area contributed by atoms with Gasteiger partial charge in [-0.3, -0.25) is 0 Å². The monoisotopic (exact) mass is 295 g/mol. The Morgan fingerprint density at radius 1 is 1.09 bits per heavy atom. The van der Waals surface area contributed by atoms with Crippen LogP contribution in [0.5, 0.6) is 0 Å². The van der Waals surface area contributed by atoms with E-state index in [2.05, 4.69) is 43.0 Å². The molecule has 5 heteroatoms. The van der Waals surface area contributed by atoms with Crippen LogP contribution in [-0.4, -0.2) is 25.7 Å². The summed E-state index contributed by atoms with van der Waals surface area (Å²) in [6.45, 7) is 6.47. The summed E-state index contributed by atoms with van der Waals surface area (Å²) in [5.74, 6) is -0.501. The highest BCUT2D eigenvalue weighted by Gasteiger charge is 2.15. The van der Waals surface area contributed by atoms with E-state index >= 15 is 0 Å². The van der Waals surface area contributed by atoms with Gasteiger partial charge in [0.1, 0.15) is 0 Å². The minimum absolute atomic E-state index is 0.0847. The molecule has 5 nitrogen and oxygen atoms in total. The smallest absolute Gasteiger partial charge is 0.354 e. The first-order valence-corrected chi connectivity index (χ1v) is 7.06. The summed E-state index contributed by atoms with van der Waals surface area (Å²) in [5, 5.41) is 13.5. The van der Waals surface area contributed by atoms with Gasteiger partial charge in [0.05, 0.1) is 0 Å². The molecule has 0 unspecified atom stereocenters. The molecule has 0 bridgehead atoms. The molecule has 0 aliphatic carbocycles. The fraction of sp³-hybridized carbons (Fsp3) is 0.235. The van der Waals surface area contributed by atoms with E-state index in [1.54, 1.807) is 12.1 Å². The van der Waals surface area contributed by atoms with Gasteiger partial charge in [0.15, 0.2) is 17.2 Å². The summed E-state index contributed by atoms with van der Waals surface area (Å²) < 4.78 is 1.36. The first-order valence-electron chi connectivity index (χ1n) is 7.06. The first-order chi connectivity index (χ1) is 10.4. The molecule has 2 aromatic heterocycles. The van der Waals surface area contributed by atoms with Crippen LogP contribution < -0.4 is 0 Å². The Hall–Kier alpha value is -2.69. The molecule has 0 aliphatic rings. The second-order valence-corrected chi connectivity index (χ2v) is 6.25. The van der Waals surface area contributed by atoms with Crippen molar-refractivity contribution in [3.8, 4) is 11.4 Å². The van der Waals surface area contributed by atoms with E-state index in [4.69, 9.17) is 0 Å². The molecule has 3 rings (SSSR count). The summed E-state index contributed by atoms with van der Waals surface area (Å²) in [5.41, 5.74) is 2.80. The van der Waals surface area contributed by atoms with Crippen LogP contribution in [0.2, 0.25) is 0 Å². The largest absolute Gasteiger partial charge is 0.477 e. The molecule has 0 spiro atoms. The van der Waals surface area contributed by atoms with E-state index in [0.717, 1.165) is 5.56 Å². The maximum atomic E-state index is 11.2. The third-order valence-corrected chi connectivity index (χ3v) is 3.59. The third-order valence-electron chi connectivity index (χ3n) is 3.59. The number of hydrogen-bond acceptors (Lipinski definition) is 3. The lowest BCUT2D eigenvalue weighted by molar-refractivity contribution is 0.0687. The number of pyridine rings is 1. The van der Waals surface area contributed by atoms with E-state index in [9.17, 15) is 9.90 Å². The highest BCUT2D eigenvalue weighted by atomic mass is 16.4. The van der Waals surface area contributed by atoms with E-state index in [1.165, 1.54) is 16.1 Å². The van der Waals surface area contributed by atoms with E-state index in [0.29, 0.717) is 11.5 Å². The number of aromatic carboxylic acids is 1. The van der Waals surface area contributed by atoms with Crippen LogP contribution in [0.3, 0.4) is 0 Å². The van der Waals surface area contributed by atoms with Crippen LogP contribution >= 0.6 is 0 Å². The molecule has 1 N–H and O–H groups in total. The number of rotatable bonds is 2. The van der Waals surface area contributed by atoms with Gasteiger partial charge in [0.25, 0.3) is 0 Å². The second kappa shape index (κ2) is 4.94. The van der Waals surface area contributed by atoms with Crippen LogP contribution in [0.15, 0.2) is 42.5 Å². The Morgan fingerprint density at radius 3 is 2.36 bits per heavy atom. The number of carboxylic acid groups (broad SMARTS) is 1. The predicted octanol–water partition coefficient (Wildman–Crippen LogP) is 3.39. The van der Waals surface area contributed by atoms with Crippen LogP contribution in [0, 0.1) is 0 Å². The van der Waals surface area contributed by atoms with Crippen molar-refractivity contribution in [3.05, 3.63) is 53.7 Å². The lowest BCUT2D eigenvalue weighted by atomic mass is 9.87. The van der Waals surface area contributed by atoms with Crippen molar-refractivity contribution in [3.63, 3.8) is 0 Å². The molecule has 1 aromatic carbocycles. The molecule has 0 fully saturated rings. The summed E-state index contributed by atoms with van der Waals surface area (Å²) in [7, 11) is 0. The molecule has 0 amide bonds. The zero-order valence-corrected chi connectivity index (χ0v) is 12.7. The third kappa shape index (κ3) is 2.45. The Bertz CT molecular complexity index is 842. The average Bonchev–Trinajstić information content (AvgIpc) is 2.90. The van der Waals surface area contributed by atoms with Crippen LogP contribution in [0.1, 0.15) is 36.8 Å². The van der Waals surface area contributed by atoms with Gasteiger partial charge in [-0.05, 0) is 23.1 Å². The zero-order chi connectivity index (χ0) is 15.9. The van der Waals surface area contributed by atoms with Crippen molar-refractivity contribution < 1.29 is 9.90 Å². The number of carboxylic acids is 1. The zero-order valence-electron chi connectivity index (χ0n) is 12.7. The number of carbonyl (C=O) groups is 1. The van der Waals surface area contributed by atoms with Gasteiger partial charge < -0.3 is 5.11 Å². The lowest BCUT2D eigenvalue weighted by Gasteiger charge is -2.18. The molecule has 0 aliphatic heterocycles. The van der Waals surface area contributed by atoms with Gasteiger partial charge in [-0.1, -0.05) is 51.1 Å². The minimum atomic E-state index is -1.02. The molecule has 0 saturated heterocycles. The van der Waals surface area contributed by atoms with E-state index in [1.807, 2.05) is 12.1 Å². The predicted molar refractivity (Wildman–Crippen MR) is 84.1 cm³/mol. The van der Waals surface area contributed by atoms with Gasteiger partial charge in [-0.2, -0.15) is 0 Å². The molecular formula is C17H17N3O2. The van der Waals surface area contributed by atoms with Gasteiger partial charge in [-0.25, -0.2) is 14.3 Å². The van der Waals surface area contributed by atoms with Crippen LogP contribution in [-0.2, 0) is 5.41 Å². The van der Waals surface area contributed by atoms with Crippen molar-refractivity contribution in [1.82, 2.24) is 14.6 Å². The highest BCUT2D eigenvalue weighted by molar-refractivity contribution is 5.86. The van der Waals surface area contributed by atoms with Gasteiger partial charge >= 0.3 is 5.97 Å². The van der Waals surface area contributed by atoms with Gasteiger partial charge in [0.2, 0.25) is 0 Å². The van der Waals surface area contributed by atoms with E-state index < -0.39 is 5.97 Å². The Kier molecular flexibility index (Phi) is 3.20. The maximum absolute atomic E-state index is 11.2. The van der Waals surface area contributed by atoms with Crippen molar-refractivity contribution in [1.29, 1.82) is 0 Å². The molecule has 0 atom stereocenters. The quantitative estimate of drug-likeness (QED) is 0.787. The molecule has 0 saturated carbocycles. The van der Waals surface area contributed by atoms with Crippen molar-refractivity contribution in [2.24, 2.45) is 0 Å². The number of fused-ring (bicyclic) bond motifs is 1. The van der Waals surface area contributed by atoms with Crippen LogP contribution in [0.25, 0.3) is 17.0 Å². The number of nitrogens with zero attached hydrogens (tertiary/aromatic N) is 3. The average molecular weight is 295 g/mol. The first kappa shape index (κ1) is 14.3. The molecule has 112 valence electrons. The second-order valence-electron chi connectivity index (χ2n) is 6.25. The normalized spacial score (nSPS) is 11.8. The van der Waals surface area contributed by atoms with E-state index in [-0.39, 0.29) is 11.1 Å². The fourth-order valence-corrected chi connectivity index (χ4v) is 2.31. The van der Waals surface area contributed by atoms with Gasteiger partial charge in [-0.15, -0.1) is 5.10 Å². The molecular weight excluding hydrogens is 278 g/mol. The number of aromatic nitrogens is 3. The Balaban J connectivity index is 2.07. The highest BCUT2D eigenvalue weighted by Crippen LogP contribution is 2.25. The van der Waals surface area contributed by atoms with Crippen molar-refractivity contribution in [2.75, 3.05) is 0 Å². The Morgan fingerprint density at radius 2 is 1.77 bits per heavy atom. The Labute approximate surface area is 128 Å². The molecule has 3 aromatic rings. The fourth-order valence-electron chi connectivity index (χ4n) is 2.31. The minimum Gasteiger partial charge on any atom is -0.477 e. The van der Waals surface area contributed by atoms with Crippen LogP contribution in [0.4, 0.5) is 0 Å². The standard InChI is InChI=1S/C17H17N3O2/c1-17(2,3)12-9-7-11(8-10-12)15-18-14-6-4-5-13(16(21)22)20(14)19-15/h4-10H,1-3H3,(H,21,22). The number of benzene rings is 1. The topological polar surface area (TPSA) is 67.5 Å². The van der Waals surface area contributed by atoms with Gasteiger partial charge in [0, 0.05) is 5.56 Å². The summed E-state index contributed by atoms with van der Waals surface area (Å²) in [6.07, 6.45) is 0. The molecule has 0 radical (unpaired) electrons. The summed E-state index contributed by atoms with van der Waals surface area (Å²) in [6, 6.07) is 13.0. The SMILES string of the molecule is CC(C)(C)c1ccc(-c2nc3cccc(C(=O)O)n3n2)cc1. The summed E-state index contributed by atoms with van der Waals surface area (Å²) in [4.78, 5) is 15.6. The molecule has 2 heterocycles. The van der Waals surface area contributed by atoms with Crippen molar-refractivity contribution in [2.45, 2.75) is 26.2 Å². The van der Waals surface area contributed by atoms with Crippen molar-refractivity contribution >= 4 is 11.6 Å². The molecule has 22 heavy (non-hydrogen) atoms. The summed E-state index contributed by atoms with van der Waals surface area (Å²) >= 11 is 0. The maximum Gasteiger partial charge on any atom is 0.354 e. The number of hydrogen-bond donors (Lipinski definition) is 1.